The fourth-order valence-electron chi connectivity index (χ4n) is 4.42. The van der Waals surface area contributed by atoms with Gasteiger partial charge in [0.25, 0.3) is 0 Å². The van der Waals surface area contributed by atoms with Gasteiger partial charge in [-0.05, 0) is 56.0 Å². The van der Waals surface area contributed by atoms with Crippen LogP contribution in [0.15, 0.2) is 42.5 Å². The van der Waals surface area contributed by atoms with Crippen molar-refractivity contribution in [2.75, 3.05) is 19.7 Å². The molecule has 3 atom stereocenters. The summed E-state index contributed by atoms with van der Waals surface area (Å²) in [5.74, 6) is 1.31. The molecule has 5 heteroatoms. The van der Waals surface area contributed by atoms with Gasteiger partial charge in [0.2, 0.25) is 0 Å². The van der Waals surface area contributed by atoms with Crippen LogP contribution in [-0.2, 0) is 6.42 Å². The number of benzene rings is 2. The molecule has 28 heavy (non-hydrogen) atoms. The molecule has 0 saturated carbocycles. The first-order valence-corrected chi connectivity index (χ1v) is 10.1. The van der Waals surface area contributed by atoms with Crippen molar-refractivity contribution >= 4 is 0 Å². The smallest absolute Gasteiger partial charge is 0.162 e. The summed E-state index contributed by atoms with van der Waals surface area (Å²) < 4.78 is 12.3. The van der Waals surface area contributed by atoms with Crippen molar-refractivity contribution in [1.29, 1.82) is 5.26 Å². The molecule has 5 nitrogen and oxygen atoms in total. The van der Waals surface area contributed by atoms with E-state index in [1.165, 1.54) is 11.1 Å². The van der Waals surface area contributed by atoms with Crippen molar-refractivity contribution < 1.29 is 9.47 Å². The van der Waals surface area contributed by atoms with Crippen LogP contribution in [0.2, 0.25) is 0 Å². The second-order valence-electron chi connectivity index (χ2n) is 7.61. The maximum Gasteiger partial charge on any atom is 0.162 e. The SMILES string of the molecule is CCOc1cc(C#N)ccc1OC1c2ccccc2CC1N1CCCC(N)C1. The zero-order valence-electron chi connectivity index (χ0n) is 16.3. The van der Waals surface area contributed by atoms with Crippen molar-refractivity contribution in [3.63, 3.8) is 0 Å². The molecule has 0 bridgehead atoms. The van der Waals surface area contributed by atoms with E-state index in [2.05, 4.69) is 35.2 Å². The quantitative estimate of drug-likeness (QED) is 0.864. The van der Waals surface area contributed by atoms with E-state index < -0.39 is 0 Å². The predicted molar refractivity (Wildman–Crippen MR) is 108 cm³/mol. The third-order valence-electron chi connectivity index (χ3n) is 5.73. The number of rotatable bonds is 5. The van der Waals surface area contributed by atoms with Crippen molar-refractivity contribution in [2.24, 2.45) is 5.73 Å². The van der Waals surface area contributed by atoms with Gasteiger partial charge in [-0.1, -0.05) is 24.3 Å². The molecule has 1 saturated heterocycles. The lowest BCUT2D eigenvalue weighted by Gasteiger charge is -2.38. The number of ether oxygens (including phenoxy) is 2. The lowest BCUT2D eigenvalue weighted by molar-refractivity contribution is 0.0574. The maximum atomic E-state index is 9.21. The average Bonchev–Trinajstić information content (AvgIpc) is 3.08. The van der Waals surface area contributed by atoms with Gasteiger partial charge < -0.3 is 15.2 Å². The van der Waals surface area contributed by atoms with Gasteiger partial charge in [0.05, 0.1) is 24.3 Å². The van der Waals surface area contributed by atoms with Crippen LogP contribution in [0.1, 0.15) is 42.6 Å². The normalized spacial score (nSPS) is 24.4. The first-order valence-electron chi connectivity index (χ1n) is 10.1. The van der Waals surface area contributed by atoms with Gasteiger partial charge in [0.1, 0.15) is 6.10 Å². The standard InChI is InChI=1S/C23H27N3O2/c1-2-27-22-12-16(14-24)9-10-21(22)28-23-19-8-4-3-6-17(19)13-20(23)26-11-5-7-18(25)15-26/h3-4,6,8-10,12,18,20,23H,2,5,7,11,13,15,25H2,1H3. The summed E-state index contributed by atoms with van der Waals surface area (Å²) in [6, 6.07) is 16.6. The fourth-order valence-corrected chi connectivity index (χ4v) is 4.42. The Bertz CT molecular complexity index is 876. The van der Waals surface area contributed by atoms with Gasteiger partial charge in [-0.3, -0.25) is 4.90 Å². The molecule has 0 spiro atoms. The minimum atomic E-state index is -0.0753. The molecule has 2 aliphatic rings. The summed E-state index contributed by atoms with van der Waals surface area (Å²) in [5.41, 5.74) is 9.40. The highest BCUT2D eigenvalue weighted by atomic mass is 16.5. The summed E-state index contributed by atoms with van der Waals surface area (Å²) in [6.07, 6.45) is 3.11. The highest BCUT2D eigenvalue weighted by Crippen LogP contribution is 2.41. The van der Waals surface area contributed by atoms with Crippen molar-refractivity contribution in [1.82, 2.24) is 4.90 Å². The topological polar surface area (TPSA) is 71.5 Å². The molecule has 0 amide bonds. The number of piperidine rings is 1. The lowest BCUT2D eigenvalue weighted by atomic mass is 10.0. The zero-order chi connectivity index (χ0) is 19.5. The molecule has 0 aromatic heterocycles. The van der Waals surface area contributed by atoms with E-state index in [0.717, 1.165) is 32.4 Å². The van der Waals surface area contributed by atoms with Crippen LogP contribution in [0, 0.1) is 11.3 Å². The van der Waals surface area contributed by atoms with Gasteiger partial charge in [-0.25, -0.2) is 0 Å². The first kappa shape index (κ1) is 18.8. The molecule has 0 radical (unpaired) electrons. The summed E-state index contributed by atoms with van der Waals surface area (Å²) in [4.78, 5) is 2.49. The minimum absolute atomic E-state index is 0.0753. The summed E-state index contributed by atoms with van der Waals surface area (Å²) in [5, 5.41) is 9.21. The Morgan fingerprint density at radius 3 is 2.86 bits per heavy atom. The van der Waals surface area contributed by atoms with E-state index >= 15 is 0 Å². The van der Waals surface area contributed by atoms with Crippen LogP contribution in [0.4, 0.5) is 0 Å². The Morgan fingerprint density at radius 1 is 1.21 bits per heavy atom. The Morgan fingerprint density at radius 2 is 2.07 bits per heavy atom. The van der Waals surface area contributed by atoms with Crippen LogP contribution in [0.25, 0.3) is 0 Å². The Kier molecular flexibility index (Phi) is 5.52. The molecule has 1 heterocycles. The number of nitrogens with zero attached hydrogens (tertiary/aromatic N) is 2. The molecule has 3 unspecified atom stereocenters. The average molecular weight is 377 g/mol. The lowest BCUT2D eigenvalue weighted by Crippen LogP contribution is -2.49. The van der Waals surface area contributed by atoms with Gasteiger partial charge in [-0.15, -0.1) is 0 Å². The third-order valence-corrected chi connectivity index (χ3v) is 5.73. The molecule has 4 rings (SSSR count). The molecular formula is C23H27N3O2. The number of hydrogen-bond donors (Lipinski definition) is 1. The van der Waals surface area contributed by atoms with E-state index in [1.54, 1.807) is 12.1 Å². The molecule has 146 valence electrons. The molecule has 2 aromatic carbocycles. The molecule has 1 fully saturated rings. The second kappa shape index (κ2) is 8.22. The van der Waals surface area contributed by atoms with E-state index in [4.69, 9.17) is 15.2 Å². The van der Waals surface area contributed by atoms with Gasteiger partial charge in [-0.2, -0.15) is 5.26 Å². The second-order valence-corrected chi connectivity index (χ2v) is 7.61. The van der Waals surface area contributed by atoms with Crippen molar-refractivity contribution in [3.05, 3.63) is 59.2 Å². The van der Waals surface area contributed by atoms with E-state index in [9.17, 15) is 5.26 Å². The number of nitriles is 1. The van der Waals surface area contributed by atoms with Gasteiger partial charge >= 0.3 is 0 Å². The molecule has 2 N–H and O–H groups in total. The Balaban J connectivity index is 1.66. The summed E-state index contributed by atoms with van der Waals surface area (Å²) >= 11 is 0. The molecule has 1 aliphatic carbocycles. The predicted octanol–water partition coefficient (Wildman–Crippen LogP) is 3.42. The summed E-state index contributed by atoms with van der Waals surface area (Å²) in [7, 11) is 0. The zero-order valence-corrected chi connectivity index (χ0v) is 16.3. The van der Waals surface area contributed by atoms with Crippen LogP contribution >= 0.6 is 0 Å². The molecule has 1 aliphatic heterocycles. The van der Waals surface area contributed by atoms with E-state index in [1.807, 2.05) is 13.0 Å². The van der Waals surface area contributed by atoms with E-state index in [-0.39, 0.29) is 18.2 Å². The minimum Gasteiger partial charge on any atom is -0.490 e. The van der Waals surface area contributed by atoms with Crippen LogP contribution in [0.5, 0.6) is 11.5 Å². The van der Waals surface area contributed by atoms with Crippen molar-refractivity contribution in [3.8, 4) is 17.6 Å². The monoisotopic (exact) mass is 377 g/mol. The van der Waals surface area contributed by atoms with Gasteiger partial charge in [0.15, 0.2) is 11.5 Å². The van der Waals surface area contributed by atoms with Crippen LogP contribution in [-0.4, -0.2) is 36.7 Å². The highest BCUT2D eigenvalue weighted by molar-refractivity contribution is 5.48. The maximum absolute atomic E-state index is 9.21. The van der Waals surface area contributed by atoms with Crippen LogP contribution in [0.3, 0.4) is 0 Å². The Hall–Kier alpha value is -2.55. The largest absolute Gasteiger partial charge is 0.490 e. The highest BCUT2D eigenvalue weighted by Gasteiger charge is 2.39. The number of nitrogens with two attached hydrogens (primary N) is 1. The number of fused-ring (bicyclic) bond motifs is 1. The van der Waals surface area contributed by atoms with Crippen molar-refractivity contribution in [2.45, 2.75) is 44.4 Å². The number of hydrogen-bond acceptors (Lipinski definition) is 5. The van der Waals surface area contributed by atoms with Crippen LogP contribution < -0.4 is 15.2 Å². The first-order chi connectivity index (χ1) is 13.7. The van der Waals surface area contributed by atoms with Gasteiger partial charge in [0, 0.05) is 18.7 Å². The summed E-state index contributed by atoms with van der Waals surface area (Å²) in [6.45, 7) is 4.42. The third kappa shape index (κ3) is 3.71. The Labute approximate surface area is 166 Å². The fraction of sp³-hybridized carbons (Fsp3) is 0.435. The number of likely N-dealkylation sites (tertiary alicyclic amines) is 1. The van der Waals surface area contributed by atoms with E-state index in [0.29, 0.717) is 23.7 Å². The molecular weight excluding hydrogens is 350 g/mol. The molecule has 2 aromatic rings.